The maximum absolute atomic E-state index is 11.9. The molecule has 1 rings (SSSR count). The molecule has 0 spiro atoms. The Hall–Kier alpha value is -1.62. The monoisotopic (exact) mass is 265 g/mol. The molecule has 0 aliphatic heterocycles. The Labute approximate surface area is 114 Å². The summed E-state index contributed by atoms with van der Waals surface area (Å²) in [7, 11) is 0. The zero-order valence-corrected chi connectivity index (χ0v) is 11.8. The van der Waals surface area contributed by atoms with Crippen LogP contribution in [0.4, 0.5) is 5.69 Å². The Morgan fingerprint density at radius 1 is 1.53 bits per heavy atom. The number of nitrogens with zero attached hydrogens (tertiary/aromatic N) is 1. The largest absolute Gasteiger partial charge is 0.473 e. The molecule has 1 heterocycles. The molecule has 1 atom stereocenters. The summed E-state index contributed by atoms with van der Waals surface area (Å²) in [5.41, 5.74) is 6.39. The van der Waals surface area contributed by atoms with Crippen molar-refractivity contribution in [2.75, 3.05) is 5.32 Å². The van der Waals surface area contributed by atoms with Gasteiger partial charge < -0.3 is 15.8 Å². The second kappa shape index (κ2) is 7.74. The van der Waals surface area contributed by atoms with Crippen LogP contribution in [0.15, 0.2) is 18.3 Å². The third kappa shape index (κ3) is 5.26. The Balaban J connectivity index is 2.68. The maximum atomic E-state index is 11.9. The number of carbonyl (C=O) groups excluding carboxylic acids is 1. The van der Waals surface area contributed by atoms with Crippen LogP contribution in [0, 0.1) is 0 Å². The third-order valence-electron chi connectivity index (χ3n) is 2.58. The van der Waals surface area contributed by atoms with Crippen LogP contribution in [0.2, 0.25) is 0 Å². The normalized spacial score (nSPS) is 12.3. The van der Waals surface area contributed by atoms with E-state index < -0.39 is 6.04 Å². The van der Waals surface area contributed by atoms with Crippen LogP contribution in [0.5, 0.6) is 5.88 Å². The predicted octanol–water partition coefficient (Wildman–Crippen LogP) is 2.32. The average molecular weight is 265 g/mol. The van der Waals surface area contributed by atoms with Crippen LogP contribution in [-0.2, 0) is 4.79 Å². The SMILES string of the molecule is CCCC[C@H](N)C(=O)Nc1cccnc1OC(C)C. The molecular weight excluding hydrogens is 242 g/mol. The van der Waals surface area contributed by atoms with E-state index in [1.54, 1.807) is 18.3 Å². The van der Waals surface area contributed by atoms with Crippen LogP contribution in [0.25, 0.3) is 0 Å². The molecule has 0 radical (unpaired) electrons. The zero-order valence-electron chi connectivity index (χ0n) is 11.8. The van der Waals surface area contributed by atoms with Crippen molar-refractivity contribution in [3.63, 3.8) is 0 Å². The van der Waals surface area contributed by atoms with E-state index in [0.717, 1.165) is 12.8 Å². The first-order valence-electron chi connectivity index (χ1n) is 6.72. The molecular formula is C14H23N3O2. The number of unbranched alkanes of at least 4 members (excludes halogenated alkanes) is 1. The first-order valence-corrected chi connectivity index (χ1v) is 6.72. The molecule has 0 saturated carbocycles. The van der Waals surface area contributed by atoms with Crippen molar-refractivity contribution < 1.29 is 9.53 Å². The van der Waals surface area contributed by atoms with Gasteiger partial charge in [0.25, 0.3) is 0 Å². The van der Waals surface area contributed by atoms with Crippen molar-refractivity contribution in [2.24, 2.45) is 5.73 Å². The highest BCUT2D eigenvalue weighted by Crippen LogP contribution is 2.21. The lowest BCUT2D eigenvalue weighted by Crippen LogP contribution is -2.35. The summed E-state index contributed by atoms with van der Waals surface area (Å²) < 4.78 is 5.54. The highest BCUT2D eigenvalue weighted by molar-refractivity contribution is 5.95. The van der Waals surface area contributed by atoms with E-state index in [-0.39, 0.29) is 12.0 Å². The van der Waals surface area contributed by atoms with E-state index in [1.807, 2.05) is 13.8 Å². The number of carbonyl (C=O) groups is 1. The van der Waals surface area contributed by atoms with Crippen LogP contribution in [0.1, 0.15) is 40.0 Å². The van der Waals surface area contributed by atoms with Crippen molar-refractivity contribution in [1.82, 2.24) is 4.98 Å². The molecule has 1 aromatic rings. The first kappa shape index (κ1) is 15.4. The fourth-order valence-electron chi connectivity index (χ4n) is 1.58. The summed E-state index contributed by atoms with van der Waals surface area (Å²) >= 11 is 0. The zero-order chi connectivity index (χ0) is 14.3. The fraction of sp³-hybridized carbons (Fsp3) is 0.571. The van der Waals surface area contributed by atoms with Gasteiger partial charge in [0.1, 0.15) is 5.69 Å². The van der Waals surface area contributed by atoms with E-state index in [0.29, 0.717) is 18.0 Å². The topological polar surface area (TPSA) is 77.2 Å². The Bertz CT molecular complexity index is 407. The van der Waals surface area contributed by atoms with Gasteiger partial charge in [-0.05, 0) is 32.4 Å². The highest BCUT2D eigenvalue weighted by atomic mass is 16.5. The summed E-state index contributed by atoms with van der Waals surface area (Å²) in [5.74, 6) is 0.226. The van der Waals surface area contributed by atoms with Gasteiger partial charge >= 0.3 is 0 Å². The first-order chi connectivity index (χ1) is 9.04. The number of hydrogen-bond donors (Lipinski definition) is 2. The molecule has 0 aliphatic carbocycles. The van der Waals surface area contributed by atoms with E-state index in [4.69, 9.17) is 10.5 Å². The maximum Gasteiger partial charge on any atom is 0.241 e. The van der Waals surface area contributed by atoms with Gasteiger partial charge in [0.05, 0.1) is 12.1 Å². The Kier molecular flexibility index (Phi) is 6.29. The van der Waals surface area contributed by atoms with Crippen LogP contribution >= 0.6 is 0 Å². The second-order valence-electron chi connectivity index (χ2n) is 4.76. The molecule has 3 N–H and O–H groups in total. The van der Waals surface area contributed by atoms with E-state index in [1.165, 1.54) is 0 Å². The van der Waals surface area contributed by atoms with Gasteiger partial charge in [0.15, 0.2) is 0 Å². The molecule has 5 nitrogen and oxygen atoms in total. The van der Waals surface area contributed by atoms with Crippen LogP contribution < -0.4 is 15.8 Å². The van der Waals surface area contributed by atoms with Crippen LogP contribution in [0.3, 0.4) is 0 Å². The van der Waals surface area contributed by atoms with Gasteiger partial charge in [-0.25, -0.2) is 4.98 Å². The molecule has 0 aromatic carbocycles. The fourth-order valence-corrected chi connectivity index (χ4v) is 1.58. The number of aromatic nitrogens is 1. The average Bonchev–Trinajstić information content (AvgIpc) is 2.37. The number of nitrogens with two attached hydrogens (primary N) is 1. The lowest BCUT2D eigenvalue weighted by molar-refractivity contribution is -0.117. The second-order valence-corrected chi connectivity index (χ2v) is 4.76. The minimum absolute atomic E-state index is 0.000632. The standard InChI is InChI=1S/C14H23N3O2/c1-4-5-7-11(15)13(18)17-12-8-6-9-16-14(12)19-10(2)3/h6,8-11H,4-5,7,15H2,1-3H3,(H,17,18)/t11-/m0/s1. The summed E-state index contributed by atoms with van der Waals surface area (Å²) in [4.78, 5) is 16.1. The van der Waals surface area contributed by atoms with Gasteiger partial charge in [-0.15, -0.1) is 0 Å². The Morgan fingerprint density at radius 2 is 2.26 bits per heavy atom. The van der Waals surface area contributed by atoms with Gasteiger partial charge in [0, 0.05) is 6.20 Å². The van der Waals surface area contributed by atoms with Crippen molar-refractivity contribution in [3.8, 4) is 5.88 Å². The van der Waals surface area contributed by atoms with Gasteiger partial charge in [0.2, 0.25) is 11.8 Å². The minimum Gasteiger partial charge on any atom is -0.473 e. The molecule has 1 amide bonds. The number of rotatable bonds is 7. The third-order valence-corrected chi connectivity index (χ3v) is 2.58. The number of nitrogens with one attached hydrogen (secondary N) is 1. The highest BCUT2D eigenvalue weighted by Gasteiger charge is 2.15. The lowest BCUT2D eigenvalue weighted by Gasteiger charge is -2.15. The summed E-state index contributed by atoms with van der Waals surface area (Å²) in [5, 5.41) is 2.77. The molecule has 106 valence electrons. The number of amides is 1. The van der Waals surface area contributed by atoms with Crippen molar-refractivity contribution >= 4 is 11.6 Å². The van der Waals surface area contributed by atoms with Gasteiger partial charge in [-0.2, -0.15) is 0 Å². The molecule has 0 saturated heterocycles. The molecule has 19 heavy (non-hydrogen) atoms. The smallest absolute Gasteiger partial charge is 0.241 e. The summed E-state index contributed by atoms with van der Waals surface area (Å²) in [6.07, 6.45) is 4.28. The Morgan fingerprint density at radius 3 is 2.89 bits per heavy atom. The molecule has 0 bridgehead atoms. The number of pyridine rings is 1. The number of anilines is 1. The van der Waals surface area contributed by atoms with Crippen molar-refractivity contribution in [1.29, 1.82) is 0 Å². The molecule has 0 aliphatic rings. The van der Waals surface area contributed by atoms with E-state index in [2.05, 4.69) is 17.2 Å². The van der Waals surface area contributed by atoms with Crippen molar-refractivity contribution in [2.45, 2.75) is 52.2 Å². The van der Waals surface area contributed by atoms with E-state index in [9.17, 15) is 4.79 Å². The van der Waals surface area contributed by atoms with Gasteiger partial charge in [-0.1, -0.05) is 19.8 Å². The number of ether oxygens (including phenoxy) is 1. The van der Waals surface area contributed by atoms with Crippen molar-refractivity contribution in [3.05, 3.63) is 18.3 Å². The summed E-state index contributed by atoms with van der Waals surface area (Å²) in [6, 6.07) is 3.02. The van der Waals surface area contributed by atoms with Crippen LogP contribution in [-0.4, -0.2) is 23.0 Å². The number of hydrogen-bond acceptors (Lipinski definition) is 4. The molecule has 0 fully saturated rings. The predicted molar refractivity (Wildman–Crippen MR) is 76.1 cm³/mol. The minimum atomic E-state index is -0.493. The van der Waals surface area contributed by atoms with E-state index >= 15 is 0 Å². The van der Waals surface area contributed by atoms with Gasteiger partial charge in [-0.3, -0.25) is 4.79 Å². The molecule has 1 aromatic heterocycles. The lowest BCUT2D eigenvalue weighted by atomic mass is 10.1. The summed E-state index contributed by atoms with van der Waals surface area (Å²) in [6.45, 7) is 5.89. The molecule has 5 heteroatoms. The molecule has 0 unspecified atom stereocenters. The quantitative estimate of drug-likeness (QED) is 0.793.